The van der Waals surface area contributed by atoms with Crippen molar-refractivity contribution in [3.8, 4) is 0 Å². The summed E-state index contributed by atoms with van der Waals surface area (Å²) in [4.78, 5) is 37.9. The van der Waals surface area contributed by atoms with Gasteiger partial charge >= 0.3 is 11.7 Å². The van der Waals surface area contributed by atoms with Gasteiger partial charge in [0.1, 0.15) is 12.1 Å². The number of anilines is 3. The molecule has 176 valence electrons. The van der Waals surface area contributed by atoms with Crippen LogP contribution in [0.2, 0.25) is 0 Å². The van der Waals surface area contributed by atoms with Crippen LogP contribution in [0.4, 0.5) is 27.4 Å². The Morgan fingerprint density at radius 3 is 2.45 bits per heavy atom. The SMILES string of the molecule is CCOC(=O)C1CCCN(c2ncnc(N3CCN(c4ccccc4F)CC3)c2[N+](=O)[O-])C1. The molecule has 0 N–H and O–H groups in total. The maximum absolute atomic E-state index is 14.2. The molecule has 1 aromatic carbocycles. The van der Waals surface area contributed by atoms with Crippen molar-refractivity contribution in [1.82, 2.24) is 9.97 Å². The lowest BCUT2D eigenvalue weighted by Gasteiger charge is -2.37. The van der Waals surface area contributed by atoms with Gasteiger partial charge in [0.15, 0.2) is 0 Å². The van der Waals surface area contributed by atoms with Crippen molar-refractivity contribution in [2.45, 2.75) is 19.8 Å². The molecule has 0 saturated carbocycles. The number of nitrogens with zero attached hydrogens (tertiary/aromatic N) is 6. The Hall–Kier alpha value is -3.50. The Morgan fingerprint density at radius 1 is 1.12 bits per heavy atom. The van der Waals surface area contributed by atoms with Crippen molar-refractivity contribution in [2.24, 2.45) is 5.92 Å². The van der Waals surface area contributed by atoms with E-state index < -0.39 is 4.92 Å². The van der Waals surface area contributed by atoms with Gasteiger partial charge in [0.2, 0.25) is 11.6 Å². The minimum atomic E-state index is -0.456. The number of esters is 1. The fourth-order valence-corrected chi connectivity index (χ4v) is 4.48. The molecular formula is C22H27FN6O4. The lowest BCUT2D eigenvalue weighted by atomic mass is 9.98. The van der Waals surface area contributed by atoms with E-state index in [4.69, 9.17) is 4.74 Å². The van der Waals surface area contributed by atoms with Crippen LogP contribution in [0.25, 0.3) is 0 Å². The topological polar surface area (TPSA) is 105 Å². The molecule has 1 atom stereocenters. The molecule has 33 heavy (non-hydrogen) atoms. The molecule has 2 aliphatic rings. The second kappa shape index (κ2) is 9.97. The normalized spacial score (nSPS) is 18.8. The summed E-state index contributed by atoms with van der Waals surface area (Å²) in [5.74, 6) is -0.459. The van der Waals surface area contributed by atoms with Gasteiger partial charge in [-0.1, -0.05) is 12.1 Å². The molecular weight excluding hydrogens is 431 g/mol. The molecule has 2 aromatic rings. The van der Waals surface area contributed by atoms with Crippen LogP contribution in [0.1, 0.15) is 19.8 Å². The summed E-state index contributed by atoms with van der Waals surface area (Å²) < 4.78 is 19.3. The molecule has 2 fully saturated rings. The zero-order valence-corrected chi connectivity index (χ0v) is 18.5. The first kappa shape index (κ1) is 22.7. The van der Waals surface area contributed by atoms with Gasteiger partial charge < -0.3 is 19.4 Å². The Balaban J connectivity index is 1.54. The first-order valence-corrected chi connectivity index (χ1v) is 11.1. The molecule has 2 aliphatic heterocycles. The number of piperidine rings is 1. The van der Waals surface area contributed by atoms with Crippen molar-refractivity contribution in [1.29, 1.82) is 0 Å². The molecule has 11 heteroatoms. The average Bonchev–Trinajstić information content (AvgIpc) is 2.84. The van der Waals surface area contributed by atoms with Gasteiger partial charge in [-0.05, 0) is 31.9 Å². The van der Waals surface area contributed by atoms with Crippen LogP contribution in [-0.2, 0) is 9.53 Å². The zero-order valence-electron chi connectivity index (χ0n) is 18.5. The van der Waals surface area contributed by atoms with Gasteiger partial charge in [0, 0.05) is 39.3 Å². The van der Waals surface area contributed by atoms with E-state index in [0.717, 1.165) is 0 Å². The molecule has 3 heterocycles. The molecule has 1 unspecified atom stereocenters. The van der Waals surface area contributed by atoms with Crippen LogP contribution in [0, 0.1) is 21.8 Å². The maximum Gasteiger partial charge on any atom is 0.353 e. The molecule has 0 bridgehead atoms. The second-order valence-electron chi connectivity index (χ2n) is 8.09. The van der Waals surface area contributed by atoms with E-state index in [-0.39, 0.29) is 35.0 Å². The number of piperazine rings is 1. The van der Waals surface area contributed by atoms with Gasteiger partial charge in [0.05, 0.1) is 23.1 Å². The predicted molar refractivity (Wildman–Crippen MR) is 121 cm³/mol. The lowest BCUT2D eigenvalue weighted by molar-refractivity contribution is -0.383. The number of hydrogen-bond donors (Lipinski definition) is 0. The molecule has 4 rings (SSSR count). The molecule has 0 amide bonds. The smallest absolute Gasteiger partial charge is 0.353 e. The van der Waals surface area contributed by atoms with Crippen LogP contribution in [0.3, 0.4) is 0 Å². The third-order valence-corrected chi connectivity index (χ3v) is 6.08. The molecule has 10 nitrogen and oxygen atoms in total. The van der Waals surface area contributed by atoms with Gasteiger partial charge in [-0.3, -0.25) is 14.9 Å². The maximum atomic E-state index is 14.2. The Kier molecular flexibility index (Phi) is 6.85. The second-order valence-corrected chi connectivity index (χ2v) is 8.09. The third-order valence-electron chi connectivity index (χ3n) is 6.08. The fourth-order valence-electron chi connectivity index (χ4n) is 4.48. The number of rotatable bonds is 6. The monoisotopic (exact) mass is 458 g/mol. The lowest BCUT2D eigenvalue weighted by Crippen LogP contribution is -2.47. The van der Waals surface area contributed by atoms with E-state index in [1.807, 2.05) is 9.80 Å². The number of carbonyl (C=O) groups is 1. The summed E-state index contributed by atoms with van der Waals surface area (Å²) in [6.07, 6.45) is 2.72. The van der Waals surface area contributed by atoms with E-state index in [1.54, 1.807) is 30.0 Å². The van der Waals surface area contributed by atoms with E-state index in [1.165, 1.54) is 12.4 Å². The van der Waals surface area contributed by atoms with Gasteiger partial charge in [-0.25, -0.2) is 14.4 Å². The van der Waals surface area contributed by atoms with Crippen molar-refractivity contribution in [2.75, 3.05) is 60.6 Å². The van der Waals surface area contributed by atoms with Gasteiger partial charge in [0.25, 0.3) is 0 Å². The summed E-state index contributed by atoms with van der Waals surface area (Å²) in [7, 11) is 0. The minimum absolute atomic E-state index is 0.165. The largest absolute Gasteiger partial charge is 0.466 e. The number of para-hydroxylation sites is 1. The molecule has 2 saturated heterocycles. The van der Waals surface area contributed by atoms with E-state index >= 15 is 0 Å². The molecule has 1 aromatic heterocycles. The first-order chi connectivity index (χ1) is 16.0. The summed E-state index contributed by atoms with van der Waals surface area (Å²) >= 11 is 0. The van der Waals surface area contributed by atoms with Crippen molar-refractivity contribution in [3.63, 3.8) is 0 Å². The molecule has 0 radical (unpaired) electrons. The Bertz CT molecular complexity index is 1010. The summed E-state index contributed by atoms with van der Waals surface area (Å²) in [5.41, 5.74) is 0.356. The Morgan fingerprint density at radius 2 is 1.79 bits per heavy atom. The summed E-state index contributed by atoms with van der Waals surface area (Å²) in [5, 5.41) is 12.1. The van der Waals surface area contributed by atoms with Crippen LogP contribution in [0.5, 0.6) is 0 Å². The van der Waals surface area contributed by atoms with E-state index in [0.29, 0.717) is 64.4 Å². The van der Waals surface area contributed by atoms with Crippen molar-refractivity contribution >= 4 is 29.0 Å². The van der Waals surface area contributed by atoms with Crippen LogP contribution in [-0.4, -0.2) is 66.7 Å². The third kappa shape index (κ3) is 4.81. The molecule has 0 spiro atoms. The van der Waals surface area contributed by atoms with Crippen LogP contribution >= 0.6 is 0 Å². The highest BCUT2D eigenvalue weighted by Crippen LogP contribution is 2.36. The van der Waals surface area contributed by atoms with Gasteiger partial charge in [-0.2, -0.15) is 0 Å². The number of carbonyl (C=O) groups excluding carboxylic acids is 1. The molecule has 0 aliphatic carbocycles. The van der Waals surface area contributed by atoms with E-state index in [9.17, 15) is 19.3 Å². The summed E-state index contributed by atoms with van der Waals surface area (Å²) in [6.45, 7) is 4.86. The number of halogens is 1. The average molecular weight is 458 g/mol. The first-order valence-electron chi connectivity index (χ1n) is 11.1. The minimum Gasteiger partial charge on any atom is -0.466 e. The van der Waals surface area contributed by atoms with Crippen LogP contribution < -0.4 is 14.7 Å². The van der Waals surface area contributed by atoms with Gasteiger partial charge in [-0.15, -0.1) is 0 Å². The number of aromatic nitrogens is 2. The highest BCUT2D eigenvalue weighted by Gasteiger charge is 2.35. The number of hydrogen-bond acceptors (Lipinski definition) is 9. The van der Waals surface area contributed by atoms with Crippen molar-refractivity contribution < 1.29 is 18.8 Å². The summed E-state index contributed by atoms with van der Waals surface area (Å²) in [6, 6.07) is 6.58. The predicted octanol–water partition coefficient (Wildman–Crippen LogP) is 2.63. The van der Waals surface area contributed by atoms with Crippen molar-refractivity contribution in [3.05, 3.63) is 46.5 Å². The van der Waals surface area contributed by atoms with Crippen LogP contribution in [0.15, 0.2) is 30.6 Å². The quantitative estimate of drug-likeness (QED) is 0.367. The highest BCUT2D eigenvalue weighted by atomic mass is 19.1. The fraction of sp³-hybridized carbons (Fsp3) is 0.500. The Labute approximate surface area is 191 Å². The number of nitro groups is 1. The highest BCUT2D eigenvalue weighted by molar-refractivity contribution is 5.75. The number of benzene rings is 1. The standard InChI is InChI=1S/C22H27FN6O4/c1-2-33-22(30)16-6-5-9-28(14-16)21-19(29(31)32)20(24-15-25-21)27-12-10-26(11-13-27)18-8-4-3-7-17(18)23/h3-4,7-8,15-16H,2,5-6,9-14H2,1H3. The zero-order chi connectivity index (χ0) is 23.4. The van der Waals surface area contributed by atoms with E-state index in [2.05, 4.69) is 9.97 Å². The number of ether oxygens (including phenoxy) is 1.